The topological polar surface area (TPSA) is 114 Å². The van der Waals surface area contributed by atoms with Crippen molar-refractivity contribution in [3.8, 4) is 0 Å². The molecule has 1 atom stereocenters. The zero-order valence-electron chi connectivity index (χ0n) is 18.9. The van der Waals surface area contributed by atoms with Gasteiger partial charge in [-0.15, -0.1) is 16.9 Å². The first-order valence-corrected chi connectivity index (χ1v) is 12.4. The van der Waals surface area contributed by atoms with E-state index in [4.69, 9.17) is 23.2 Å². The number of fused-ring (bicyclic) bond motifs is 1. The van der Waals surface area contributed by atoms with Crippen molar-refractivity contribution in [3.05, 3.63) is 92.2 Å². The first kappa shape index (κ1) is 25.7. The average Bonchev–Trinajstić information content (AvgIpc) is 2.85. The van der Waals surface area contributed by atoms with Crippen LogP contribution < -0.4 is 10.9 Å². The van der Waals surface area contributed by atoms with Crippen LogP contribution in [-0.4, -0.2) is 37.2 Å². The molecule has 0 aliphatic rings. The average molecular weight is 543 g/mol. The highest BCUT2D eigenvalue weighted by molar-refractivity contribution is 8.00. The SMILES string of the molecule is Cc1ccc2nnn(CCC(Sc3ccc(NC(=O)c4ccc(Cl)c(Cl)c4)cc3)C(=O)O)c(=O)c2c1. The van der Waals surface area contributed by atoms with Crippen molar-refractivity contribution < 1.29 is 14.7 Å². The summed E-state index contributed by atoms with van der Waals surface area (Å²) in [7, 11) is 0. The Balaban J connectivity index is 1.41. The third-order valence-corrected chi connectivity index (χ3v) is 7.33. The molecule has 0 radical (unpaired) electrons. The zero-order valence-corrected chi connectivity index (χ0v) is 21.3. The van der Waals surface area contributed by atoms with E-state index in [9.17, 15) is 19.5 Å². The number of benzene rings is 3. The fraction of sp³-hybridized carbons (Fsp3) is 0.160. The standard InChI is InChI=1S/C25H20Cl2N4O4S/c1-14-2-9-21-18(12-14)24(33)31(30-29-21)11-10-22(25(34)35)36-17-6-4-16(5-7-17)28-23(32)15-3-8-19(26)20(27)13-15/h2-9,12-13,22H,10-11H2,1H3,(H,28,32)(H,34,35). The number of nitrogens with one attached hydrogen (secondary N) is 1. The fourth-order valence-corrected chi connectivity index (χ4v) is 4.67. The van der Waals surface area contributed by atoms with Crippen molar-refractivity contribution in [3.63, 3.8) is 0 Å². The summed E-state index contributed by atoms with van der Waals surface area (Å²) in [6, 6.07) is 16.7. The minimum absolute atomic E-state index is 0.109. The number of anilines is 1. The highest BCUT2D eigenvalue weighted by Gasteiger charge is 2.20. The summed E-state index contributed by atoms with van der Waals surface area (Å²) >= 11 is 13.0. The van der Waals surface area contributed by atoms with E-state index in [2.05, 4.69) is 15.6 Å². The molecule has 36 heavy (non-hydrogen) atoms. The van der Waals surface area contributed by atoms with Crippen molar-refractivity contribution in [1.82, 2.24) is 15.0 Å². The summed E-state index contributed by atoms with van der Waals surface area (Å²) in [6.45, 7) is 1.99. The van der Waals surface area contributed by atoms with Crippen LogP contribution in [-0.2, 0) is 11.3 Å². The Kier molecular flexibility index (Phi) is 7.93. The molecule has 0 spiro atoms. The number of rotatable bonds is 8. The molecule has 1 amide bonds. The Morgan fingerprint density at radius 2 is 1.81 bits per heavy atom. The van der Waals surface area contributed by atoms with Crippen molar-refractivity contribution in [2.75, 3.05) is 5.32 Å². The third kappa shape index (κ3) is 6.04. The predicted octanol–water partition coefficient (Wildman–Crippen LogP) is 5.29. The summed E-state index contributed by atoms with van der Waals surface area (Å²) in [5.41, 5.74) is 2.01. The number of carbonyl (C=O) groups excluding carboxylic acids is 1. The van der Waals surface area contributed by atoms with Gasteiger partial charge in [0, 0.05) is 22.7 Å². The smallest absolute Gasteiger partial charge is 0.317 e. The Labute approximate surface area is 220 Å². The maximum Gasteiger partial charge on any atom is 0.317 e. The van der Waals surface area contributed by atoms with Crippen LogP contribution in [0.1, 0.15) is 22.3 Å². The second-order valence-corrected chi connectivity index (χ2v) is 10.1. The van der Waals surface area contributed by atoms with Gasteiger partial charge in [0.15, 0.2) is 0 Å². The molecule has 11 heteroatoms. The molecule has 4 rings (SSSR count). The van der Waals surface area contributed by atoms with Gasteiger partial charge in [-0.1, -0.05) is 40.0 Å². The van der Waals surface area contributed by atoms with Crippen LogP contribution in [0, 0.1) is 6.92 Å². The quantitative estimate of drug-likeness (QED) is 0.290. The van der Waals surface area contributed by atoms with Gasteiger partial charge in [-0.3, -0.25) is 14.4 Å². The van der Waals surface area contributed by atoms with Crippen molar-refractivity contribution in [1.29, 1.82) is 0 Å². The number of carbonyl (C=O) groups is 2. The molecule has 0 bridgehead atoms. The number of aromatic nitrogens is 3. The second kappa shape index (κ2) is 11.1. The number of carboxylic acids is 1. The van der Waals surface area contributed by atoms with Gasteiger partial charge in [0.25, 0.3) is 11.5 Å². The van der Waals surface area contributed by atoms with E-state index in [1.807, 2.05) is 13.0 Å². The van der Waals surface area contributed by atoms with Gasteiger partial charge in [-0.25, -0.2) is 4.68 Å². The molecule has 1 unspecified atom stereocenters. The Bertz CT molecular complexity index is 1510. The highest BCUT2D eigenvalue weighted by Crippen LogP contribution is 2.28. The van der Waals surface area contributed by atoms with Gasteiger partial charge in [0.1, 0.15) is 10.8 Å². The molecule has 2 N–H and O–H groups in total. The number of carboxylic acid groups (broad SMARTS) is 1. The van der Waals surface area contributed by atoms with Gasteiger partial charge in [0.2, 0.25) is 0 Å². The van der Waals surface area contributed by atoms with E-state index in [1.54, 1.807) is 48.5 Å². The van der Waals surface area contributed by atoms with Crippen LogP contribution in [0.3, 0.4) is 0 Å². The maximum atomic E-state index is 12.7. The Morgan fingerprint density at radius 1 is 1.06 bits per heavy atom. The molecule has 4 aromatic rings. The van der Waals surface area contributed by atoms with E-state index in [-0.39, 0.29) is 29.5 Å². The normalized spacial score (nSPS) is 11.9. The lowest BCUT2D eigenvalue weighted by Crippen LogP contribution is -2.27. The van der Waals surface area contributed by atoms with Crippen LogP contribution >= 0.6 is 35.0 Å². The van der Waals surface area contributed by atoms with Crippen LogP contribution in [0.25, 0.3) is 10.9 Å². The van der Waals surface area contributed by atoms with Gasteiger partial charge >= 0.3 is 5.97 Å². The van der Waals surface area contributed by atoms with E-state index in [0.29, 0.717) is 32.1 Å². The molecular formula is C25H20Cl2N4O4S. The molecule has 184 valence electrons. The molecule has 1 aromatic heterocycles. The van der Waals surface area contributed by atoms with Crippen LogP contribution in [0.4, 0.5) is 5.69 Å². The summed E-state index contributed by atoms with van der Waals surface area (Å²) in [5.74, 6) is -1.36. The van der Waals surface area contributed by atoms with Crippen LogP contribution in [0.2, 0.25) is 10.0 Å². The first-order valence-electron chi connectivity index (χ1n) is 10.8. The Hall–Kier alpha value is -3.40. The van der Waals surface area contributed by atoms with Crippen LogP contribution in [0.15, 0.2) is 70.4 Å². The van der Waals surface area contributed by atoms with E-state index in [0.717, 1.165) is 17.3 Å². The summed E-state index contributed by atoms with van der Waals surface area (Å²) in [6.07, 6.45) is 0.168. The monoisotopic (exact) mass is 542 g/mol. The molecule has 0 saturated carbocycles. The lowest BCUT2D eigenvalue weighted by molar-refractivity contribution is -0.136. The van der Waals surface area contributed by atoms with Crippen molar-refractivity contribution in [2.24, 2.45) is 0 Å². The molecule has 0 fully saturated rings. The minimum atomic E-state index is -1.00. The van der Waals surface area contributed by atoms with Gasteiger partial charge < -0.3 is 10.4 Å². The predicted molar refractivity (Wildman–Crippen MR) is 141 cm³/mol. The molecule has 1 heterocycles. The maximum absolute atomic E-state index is 12.7. The second-order valence-electron chi connectivity index (χ2n) is 7.98. The largest absolute Gasteiger partial charge is 0.480 e. The fourth-order valence-electron chi connectivity index (χ4n) is 3.43. The zero-order chi connectivity index (χ0) is 25.8. The number of halogens is 2. The van der Waals surface area contributed by atoms with Crippen molar-refractivity contribution >= 4 is 63.4 Å². The summed E-state index contributed by atoms with van der Waals surface area (Å²) < 4.78 is 1.19. The molecule has 0 aliphatic carbocycles. The minimum Gasteiger partial charge on any atom is -0.480 e. The lowest BCUT2D eigenvalue weighted by Gasteiger charge is -2.13. The molecular weight excluding hydrogens is 523 g/mol. The summed E-state index contributed by atoms with van der Waals surface area (Å²) in [5, 5.41) is 20.7. The van der Waals surface area contributed by atoms with Gasteiger partial charge in [0.05, 0.1) is 15.4 Å². The molecule has 0 saturated heterocycles. The number of hydrogen-bond donors (Lipinski definition) is 2. The van der Waals surface area contributed by atoms with E-state index < -0.39 is 11.2 Å². The number of aryl methyl sites for hydroxylation is 2. The van der Waals surface area contributed by atoms with Gasteiger partial charge in [-0.2, -0.15) is 0 Å². The third-order valence-electron chi connectivity index (χ3n) is 5.33. The van der Waals surface area contributed by atoms with E-state index in [1.165, 1.54) is 10.7 Å². The van der Waals surface area contributed by atoms with Crippen LogP contribution in [0.5, 0.6) is 0 Å². The molecule has 3 aromatic carbocycles. The number of thioether (sulfide) groups is 1. The Morgan fingerprint density at radius 3 is 2.50 bits per heavy atom. The number of amides is 1. The molecule has 8 nitrogen and oxygen atoms in total. The van der Waals surface area contributed by atoms with E-state index >= 15 is 0 Å². The lowest BCUT2D eigenvalue weighted by atomic mass is 10.2. The molecule has 0 aliphatic heterocycles. The number of aliphatic carboxylic acids is 1. The van der Waals surface area contributed by atoms with Gasteiger partial charge in [-0.05, 0) is 67.9 Å². The summed E-state index contributed by atoms with van der Waals surface area (Å²) in [4.78, 5) is 37.7. The highest BCUT2D eigenvalue weighted by atomic mass is 35.5. The number of hydrogen-bond acceptors (Lipinski definition) is 6. The first-order chi connectivity index (χ1) is 17.2. The number of nitrogens with zero attached hydrogens (tertiary/aromatic N) is 3. The van der Waals surface area contributed by atoms with Crippen molar-refractivity contribution in [2.45, 2.75) is 30.0 Å².